The molecule has 0 amide bonds. The van der Waals surface area contributed by atoms with Crippen LogP contribution in [0.1, 0.15) is 39.0 Å². The van der Waals surface area contributed by atoms with Gasteiger partial charge < -0.3 is 0 Å². The second kappa shape index (κ2) is 8.32. The van der Waals surface area contributed by atoms with Crippen molar-refractivity contribution in [3.05, 3.63) is 37.0 Å². The molecule has 12 heavy (non-hydrogen) atoms. The summed E-state index contributed by atoms with van der Waals surface area (Å²) in [4.78, 5) is 0. The van der Waals surface area contributed by atoms with Crippen molar-refractivity contribution in [1.82, 2.24) is 0 Å². The molecular weight excluding hydrogens is 144 g/mol. The molecule has 68 valence electrons. The fourth-order valence-electron chi connectivity index (χ4n) is 1.16. The maximum atomic E-state index is 3.76. The third-order valence-electron chi connectivity index (χ3n) is 1.91. The Kier molecular flexibility index (Phi) is 7.78. The fraction of sp³-hybridized carbons (Fsp3) is 0.500. The van der Waals surface area contributed by atoms with Gasteiger partial charge in [0.05, 0.1) is 0 Å². The van der Waals surface area contributed by atoms with Gasteiger partial charge in [0, 0.05) is 0 Å². The van der Waals surface area contributed by atoms with Gasteiger partial charge in [0.2, 0.25) is 0 Å². The largest absolute Gasteiger partial charge is 0.0991 e. The van der Waals surface area contributed by atoms with E-state index in [-0.39, 0.29) is 0 Å². The summed E-state index contributed by atoms with van der Waals surface area (Å²) < 4.78 is 0. The first-order valence-electron chi connectivity index (χ1n) is 4.79. The zero-order valence-electron chi connectivity index (χ0n) is 8.18. The van der Waals surface area contributed by atoms with E-state index in [4.69, 9.17) is 0 Å². The molecule has 0 saturated heterocycles. The molecule has 0 rings (SSSR count). The van der Waals surface area contributed by atoms with E-state index in [1.807, 2.05) is 18.2 Å². The van der Waals surface area contributed by atoms with Gasteiger partial charge in [0.15, 0.2) is 0 Å². The standard InChI is InChI=1S/C12H20/c1-4-7-8-9-11-12(6-3)10-5-2/h5-6,10H,2-4,7-9,11H2,1H3/b12-10+. The summed E-state index contributed by atoms with van der Waals surface area (Å²) in [6, 6.07) is 0. The number of unbranched alkanes of at least 4 members (excludes halogenated alkanes) is 3. The Morgan fingerprint density at radius 1 is 1.17 bits per heavy atom. The van der Waals surface area contributed by atoms with Crippen molar-refractivity contribution in [3.63, 3.8) is 0 Å². The molecule has 0 radical (unpaired) electrons. The highest BCUT2D eigenvalue weighted by Crippen LogP contribution is 2.10. The molecule has 0 bridgehead atoms. The number of rotatable bonds is 7. The smallest absolute Gasteiger partial charge is 0.0279 e. The quantitative estimate of drug-likeness (QED) is 0.389. The van der Waals surface area contributed by atoms with Crippen LogP contribution in [0.4, 0.5) is 0 Å². The van der Waals surface area contributed by atoms with Crippen LogP contribution in [-0.4, -0.2) is 0 Å². The van der Waals surface area contributed by atoms with Crippen molar-refractivity contribution < 1.29 is 0 Å². The Hall–Kier alpha value is -0.780. The highest BCUT2D eigenvalue weighted by atomic mass is 14.0. The van der Waals surface area contributed by atoms with Crippen LogP contribution in [0.15, 0.2) is 37.0 Å². The molecule has 0 fully saturated rings. The molecular formula is C12H20. The molecule has 0 aliphatic heterocycles. The van der Waals surface area contributed by atoms with Gasteiger partial charge in [0.25, 0.3) is 0 Å². The number of hydrogen-bond acceptors (Lipinski definition) is 0. The summed E-state index contributed by atoms with van der Waals surface area (Å²) in [6.45, 7) is 9.66. The first-order valence-corrected chi connectivity index (χ1v) is 4.79. The molecule has 0 unspecified atom stereocenters. The minimum Gasteiger partial charge on any atom is -0.0991 e. The Bertz CT molecular complexity index is 151. The van der Waals surface area contributed by atoms with E-state index in [9.17, 15) is 0 Å². The molecule has 0 aromatic heterocycles. The normalized spacial score (nSPS) is 11.2. The van der Waals surface area contributed by atoms with Crippen LogP contribution in [0.5, 0.6) is 0 Å². The van der Waals surface area contributed by atoms with E-state index in [1.165, 1.54) is 31.3 Å². The summed E-state index contributed by atoms with van der Waals surface area (Å²) in [6.07, 6.45) is 12.2. The lowest BCUT2D eigenvalue weighted by Gasteiger charge is -1.99. The molecule has 0 aliphatic rings. The maximum absolute atomic E-state index is 3.76. The van der Waals surface area contributed by atoms with Crippen LogP contribution in [-0.2, 0) is 0 Å². The average Bonchev–Trinajstić information content (AvgIpc) is 2.10. The van der Waals surface area contributed by atoms with Crippen LogP contribution in [0.2, 0.25) is 0 Å². The molecule has 0 aromatic rings. The molecule has 0 saturated carbocycles. The predicted octanol–water partition coefficient (Wildman–Crippen LogP) is 4.26. The van der Waals surface area contributed by atoms with Crippen molar-refractivity contribution in [2.45, 2.75) is 39.0 Å². The summed E-state index contributed by atoms with van der Waals surface area (Å²) in [5.74, 6) is 0. The van der Waals surface area contributed by atoms with Crippen LogP contribution >= 0.6 is 0 Å². The van der Waals surface area contributed by atoms with Gasteiger partial charge in [-0.25, -0.2) is 0 Å². The van der Waals surface area contributed by atoms with E-state index in [2.05, 4.69) is 20.1 Å². The molecule has 0 heteroatoms. The van der Waals surface area contributed by atoms with Gasteiger partial charge in [-0.2, -0.15) is 0 Å². The summed E-state index contributed by atoms with van der Waals surface area (Å²) in [7, 11) is 0. The average molecular weight is 164 g/mol. The maximum Gasteiger partial charge on any atom is -0.0279 e. The zero-order valence-corrected chi connectivity index (χ0v) is 8.18. The van der Waals surface area contributed by atoms with Gasteiger partial charge in [-0.15, -0.1) is 0 Å². The molecule has 0 aliphatic carbocycles. The van der Waals surface area contributed by atoms with Crippen molar-refractivity contribution in [2.24, 2.45) is 0 Å². The lowest BCUT2D eigenvalue weighted by atomic mass is 10.1. The van der Waals surface area contributed by atoms with E-state index in [1.54, 1.807) is 0 Å². The van der Waals surface area contributed by atoms with Crippen molar-refractivity contribution in [2.75, 3.05) is 0 Å². The Balaban J connectivity index is 3.51. The summed E-state index contributed by atoms with van der Waals surface area (Å²) in [5, 5.41) is 0. The van der Waals surface area contributed by atoms with E-state index in [0.29, 0.717) is 0 Å². The molecule has 0 nitrogen and oxygen atoms in total. The van der Waals surface area contributed by atoms with Gasteiger partial charge in [-0.3, -0.25) is 0 Å². The summed E-state index contributed by atoms with van der Waals surface area (Å²) in [5.41, 5.74) is 1.31. The third kappa shape index (κ3) is 5.96. The lowest BCUT2D eigenvalue weighted by molar-refractivity contribution is 0.668. The van der Waals surface area contributed by atoms with Crippen LogP contribution in [0.3, 0.4) is 0 Å². The van der Waals surface area contributed by atoms with E-state index in [0.717, 1.165) is 6.42 Å². The Morgan fingerprint density at radius 3 is 2.42 bits per heavy atom. The van der Waals surface area contributed by atoms with Crippen molar-refractivity contribution in [1.29, 1.82) is 0 Å². The predicted molar refractivity (Wildman–Crippen MR) is 57.2 cm³/mol. The van der Waals surface area contributed by atoms with Crippen molar-refractivity contribution in [3.8, 4) is 0 Å². The van der Waals surface area contributed by atoms with Gasteiger partial charge in [-0.1, -0.05) is 57.6 Å². The van der Waals surface area contributed by atoms with Crippen LogP contribution in [0, 0.1) is 0 Å². The molecule has 0 spiro atoms. The SMILES string of the molecule is C=C/C=C(\C=C)CCCCCC. The molecule has 0 heterocycles. The minimum atomic E-state index is 1.15. The van der Waals surface area contributed by atoms with E-state index < -0.39 is 0 Å². The Morgan fingerprint density at radius 2 is 1.92 bits per heavy atom. The van der Waals surface area contributed by atoms with Gasteiger partial charge in [-0.05, 0) is 18.4 Å². The monoisotopic (exact) mass is 164 g/mol. The first kappa shape index (κ1) is 11.2. The minimum absolute atomic E-state index is 1.15. The fourth-order valence-corrected chi connectivity index (χ4v) is 1.16. The first-order chi connectivity index (χ1) is 5.85. The van der Waals surface area contributed by atoms with Crippen LogP contribution < -0.4 is 0 Å². The second-order valence-corrected chi connectivity index (χ2v) is 2.99. The van der Waals surface area contributed by atoms with Gasteiger partial charge in [0.1, 0.15) is 0 Å². The lowest BCUT2D eigenvalue weighted by Crippen LogP contribution is -1.80. The van der Waals surface area contributed by atoms with Crippen molar-refractivity contribution >= 4 is 0 Å². The van der Waals surface area contributed by atoms with Gasteiger partial charge >= 0.3 is 0 Å². The zero-order chi connectivity index (χ0) is 9.23. The topological polar surface area (TPSA) is 0 Å². The highest BCUT2D eigenvalue weighted by Gasteiger charge is 1.90. The number of allylic oxidation sites excluding steroid dienone is 4. The highest BCUT2D eigenvalue weighted by molar-refractivity contribution is 5.20. The molecule has 0 N–H and O–H groups in total. The van der Waals surface area contributed by atoms with E-state index >= 15 is 0 Å². The number of hydrogen-bond donors (Lipinski definition) is 0. The Labute approximate surface area is 76.7 Å². The molecule has 0 aromatic carbocycles. The molecule has 0 atom stereocenters. The third-order valence-corrected chi connectivity index (χ3v) is 1.91. The van der Waals surface area contributed by atoms with Crippen LogP contribution in [0.25, 0.3) is 0 Å². The summed E-state index contributed by atoms with van der Waals surface area (Å²) >= 11 is 0. The second-order valence-electron chi connectivity index (χ2n) is 2.99.